The molecule has 3 aromatic rings. The minimum Gasteiger partial charge on any atom is -0.493 e. The summed E-state index contributed by atoms with van der Waals surface area (Å²) in [6, 6.07) is 14.7. The maximum absolute atomic E-state index is 6.00. The number of hydrogen-bond donors (Lipinski definition) is 1. The third-order valence-corrected chi connectivity index (χ3v) is 5.60. The number of aryl methyl sites for hydroxylation is 1. The molecule has 0 atom stereocenters. The lowest BCUT2D eigenvalue weighted by Gasteiger charge is -2.23. The van der Waals surface area contributed by atoms with Crippen LogP contribution in [0.25, 0.3) is 5.69 Å². The molecule has 0 bridgehead atoms. The zero-order chi connectivity index (χ0) is 20.8. The predicted molar refractivity (Wildman–Crippen MR) is 115 cm³/mol. The van der Waals surface area contributed by atoms with E-state index in [4.69, 9.17) is 9.47 Å². The highest BCUT2D eigenvalue weighted by Crippen LogP contribution is 2.29. The van der Waals surface area contributed by atoms with E-state index < -0.39 is 0 Å². The first-order chi connectivity index (χ1) is 14.7. The monoisotopic (exact) mass is 407 g/mol. The van der Waals surface area contributed by atoms with Crippen molar-refractivity contribution < 1.29 is 9.47 Å². The molecule has 30 heavy (non-hydrogen) atoms. The molecule has 0 saturated heterocycles. The van der Waals surface area contributed by atoms with E-state index in [1.165, 1.54) is 43.2 Å². The van der Waals surface area contributed by atoms with Gasteiger partial charge in [0.15, 0.2) is 23.9 Å². The largest absolute Gasteiger partial charge is 0.493 e. The van der Waals surface area contributed by atoms with Crippen LogP contribution in [0.2, 0.25) is 0 Å². The third-order valence-electron chi connectivity index (χ3n) is 5.60. The summed E-state index contributed by atoms with van der Waals surface area (Å²) < 4.78 is 13.3. The van der Waals surface area contributed by atoms with Gasteiger partial charge in [-0.25, -0.2) is 0 Å². The van der Waals surface area contributed by atoms with Gasteiger partial charge in [0, 0.05) is 12.6 Å². The molecule has 0 radical (unpaired) electrons. The highest BCUT2D eigenvalue weighted by Gasteiger charge is 2.14. The van der Waals surface area contributed by atoms with Gasteiger partial charge < -0.3 is 14.8 Å². The topological polar surface area (TPSA) is 74.1 Å². The first-order valence-corrected chi connectivity index (χ1v) is 10.6. The average Bonchev–Trinajstić information content (AvgIpc) is 3.26. The van der Waals surface area contributed by atoms with Crippen LogP contribution in [0, 0.1) is 6.92 Å². The Hall–Kier alpha value is -2.93. The van der Waals surface area contributed by atoms with E-state index in [0.717, 1.165) is 12.2 Å². The van der Waals surface area contributed by atoms with Gasteiger partial charge in [0.2, 0.25) is 0 Å². The normalized spacial score (nSPS) is 14.6. The van der Waals surface area contributed by atoms with Crippen molar-refractivity contribution in [2.75, 3.05) is 7.11 Å². The summed E-state index contributed by atoms with van der Waals surface area (Å²) in [5, 5.41) is 15.7. The molecule has 158 valence electrons. The number of tetrazole rings is 1. The summed E-state index contributed by atoms with van der Waals surface area (Å²) in [6.45, 7) is 3.14. The molecule has 7 nitrogen and oxygen atoms in total. The van der Waals surface area contributed by atoms with Gasteiger partial charge in [-0.05, 0) is 60.0 Å². The van der Waals surface area contributed by atoms with Gasteiger partial charge in [-0.1, -0.05) is 43.0 Å². The van der Waals surface area contributed by atoms with Crippen molar-refractivity contribution in [3.63, 3.8) is 0 Å². The molecule has 2 aromatic carbocycles. The van der Waals surface area contributed by atoms with Gasteiger partial charge in [-0.15, -0.1) is 5.10 Å². The van der Waals surface area contributed by atoms with E-state index in [2.05, 4.69) is 26.9 Å². The van der Waals surface area contributed by atoms with Gasteiger partial charge in [-0.2, -0.15) is 4.68 Å². The summed E-state index contributed by atoms with van der Waals surface area (Å²) in [4.78, 5) is 0. The Morgan fingerprint density at radius 3 is 2.60 bits per heavy atom. The van der Waals surface area contributed by atoms with E-state index in [1.807, 2.05) is 43.3 Å². The molecule has 0 spiro atoms. The SMILES string of the molecule is COc1cc(CNC2CCCCC2)ccc1OCc1nnnn1-c1ccc(C)cc1. The Labute approximate surface area is 177 Å². The van der Waals surface area contributed by atoms with Crippen molar-refractivity contribution in [2.24, 2.45) is 0 Å². The summed E-state index contributed by atoms with van der Waals surface area (Å²) in [5.74, 6) is 2.02. The molecule has 4 rings (SSSR count). The number of benzene rings is 2. The molecule has 1 aliphatic carbocycles. The number of nitrogens with zero attached hydrogens (tertiary/aromatic N) is 4. The maximum atomic E-state index is 6.00. The quantitative estimate of drug-likeness (QED) is 0.609. The Morgan fingerprint density at radius 2 is 1.83 bits per heavy atom. The molecule has 1 N–H and O–H groups in total. The number of hydrogen-bond acceptors (Lipinski definition) is 6. The van der Waals surface area contributed by atoms with E-state index in [1.54, 1.807) is 11.8 Å². The zero-order valence-corrected chi connectivity index (χ0v) is 17.7. The van der Waals surface area contributed by atoms with Crippen molar-refractivity contribution in [3.05, 3.63) is 59.4 Å². The number of ether oxygens (including phenoxy) is 2. The number of nitrogens with one attached hydrogen (secondary N) is 1. The minimum atomic E-state index is 0.247. The average molecular weight is 408 g/mol. The van der Waals surface area contributed by atoms with Crippen molar-refractivity contribution in [1.82, 2.24) is 25.5 Å². The minimum absolute atomic E-state index is 0.247. The number of rotatable bonds is 8. The van der Waals surface area contributed by atoms with Gasteiger partial charge in [0.25, 0.3) is 0 Å². The second-order valence-corrected chi connectivity index (χ2v) is 7.83. The van der Waals surface area contributed by atoms with Crippen molar-refractivity contribution in [3.8, 4) is 17.2 Å². The number of methoxy groups -OCH3 is 1. The summed E-state index contributed by atoms with van der Waals surface area (Å²) >= 11 is 0. The van der Waals surface area contributed by atoms with Gasteiger partial charge in [0.05, 0.1) is 12.8 Å². The van der Waals surface area contributed by atoms with Gasteiger partial charge in [0.1, 0.15) is 0 Å². The second-order valence-electron chi connectivity index (χ2n) is 7.83. The molecule has 7 heteroatoms. The zero-order valence-electron chi connectivity index (χ0n) is 17.7. The fourth-order valence-corrected chi connectivity index (χ4v) is 3.83. The molecule has 1 aliphatic rings. The Morgan fingerprint density at radius 1 is 1.03 bits per heavy atom. The third kappa shape index (κ3) is 4.97. The van der Waals surface area contributed by atoms with Crippen LogP contribution in [0.1, 0.15) is 49.1 Å². The Balaban J connectivity index is 1.40. The fourth-order valence-electron chi connectivity index (χ4n) is 3.83. The molecule has 0 aliphatic heterocycles. The Bertz CT molecular complexity index is 948. The highest BCUT2D eigenvalue weighted by atomic mass is 16.5. The van der Waals surface area contributed by atoms with Crippen LogP contribution in [0.4, 0.5) is 0 Å². The van der Waals surface area contributed by atoms with Gasteiger partial charge >= 0.3 is 0 Å². The predicted octanol–water partition coefficient (Wildman–Crippen LogP) is 3.98. The van der Waals surface area contributed by atoms with Crippen molar-refractivity contribution in [2.45, 2.75) is 58.2 Å². The first-order valence-electron chi connectivity index (χ1n) is 10.6. The molecule has 0 amide bonds. The van der Waals surface area contributed by atoms with Crippen LogP contribution in [-0.4, -0.2) is 33.4 Å². The lowest BCUT2D eigenvalue weighted by Crippen LogP contribution is -2.30. The smallest absolute Gasteiger partial charge is 0.194 e. The van der Waals surface area contributed by atoms with Crippen LogP contribution in [0.15, 0.2) is 42.5 Å². The maximum Gasteiger partial charge on any atom is 0.194 e. The van der Waals surface area contributed by atoms with E-state index in [9.17, 15) is 0 Å². The molecule has 0 unspecified atom stereocenters. The molecule has 1 heterocycles. The molecule has 1 aromatic heterocycles. The van der Waals surface area contributed by atoms with Crippen molar-refractivity contribution >= 4 is 0 Å². The lowest BCUT2D eigenvalue weighted by molar-refractivity contribution is 0.273. The second kappa shape index (κ2) is 9.71. The lowest BCUT2D eigenvalue weighted by atomic mass is 9.95. The Kier molecular flexibility index (Phi) is 6.59. The molecule has 1 saturated carbocycles. The number of aromatic nitrogens is 4. The molecule has 1 fully saturated rings. The fraction of sp³-hybridized carbons (Fsp3) is 0.435. The first kappa shape index (κ1) is 20.3. The van der Waals surface area contributed by atoms with Crippen LogP contribution >= 0.6 is 0 Å². The summed E-state index contributed by atoms with van der Waals surface area (Å²) in [5.41, 5.74) is 3.28. The van der Waals surface area contributed by atoms with Crippen LogP contribution in [-0.2, 0) is 13.2 Å². The molecular weight excluding hydrogens is 378 g/mol. The van der Waals surface area contributed by atoms with Crippen LogP contribution < -0.4 is 14.8 Å². The summed E-state index contributed by atoms with van der Waals surface area (Å²) in [6.07, 6.45) is 6.57. The van der Waals surface area contributed by atoms with Crippen LogP contribution in [0.3, 0.4) is 0 Å². The standard InChI is InChI=1S/C23H29N5O2/c1-17-8-11-20(12-9-17)28-23(25-26-27-28)16-30-21-13-10-18(14-22(21)29-2)15-24-19-6-4-3-5-7-19/h8-14,19,24H,3-7,15-16H2,1-2H3. The van der Waals surface area contributed by atoms with E-state index >= 15 is 0 Å². The van der Waals surface area contributed by atoms with Gasteiger partial charge in [-0.3, -0.25) is 0 Å². The van der Waals surface area contributed by atoms with E-state index in [0.29, 0.717) is 23.4 Å². The van der Waals surface area contributed by atoms with Crippen molar-refractivity contribution in [1.29, 1.82) is 0 Å². The van der Waals surface area contributed by atoms with E-state index in [-0.39, 0.29) is 6.61 Å². The van der Waals surface area contributed by atoms with Crippen LogP contribution in [0.5, 0.6) is 11.5 Å². The highest BCUT2D eigenvalue weighted by molar-refractivity contribution is 5.43. The summed E-state index contributed by atoms with van der Waals surface area (Å²) in [7, 11) is 1.66. The molecular formula is C23H29N5O2.